The van der Waals surface area contributed by atoms with E-state index in [1.165, 1.54) is 0 Å². The van der Waals surface area contributed by atoms with Gasteiger partial charge < -0.3 is 16.4 Å². The highest BCUT2D eigenvalue weighted by Crippen LogP contribution is 2.41. The lowest BCUT2D eigenvalue weighted by molar-refractivity contribution is 1.01. The first-order valence-electron chi connectivity index (χ1n) is 6.79. The van der Waals surface area contributed by atoms with Crippen molar-refractivity contribution in [3.8, 4) is 17.2 Å². The van der Waals surface area contributed by atoms with Crippen molar-refractivity contribution in [3.05, 3.63) is 46.5 Å². The fourth-order valence-corrected chi connectivity index (χ4v) is 2.96. The fraction of sp³-hybridized carbons (Fsp3) is 0.188. The Morgan fingerprint density at radius 1 is 1.24 bits per heavy atom. The summed E-state index contributed by atoms with van der Waals surface area (Å²) in [6.07, 6.45) is 0. The predicted molar refractivity (Wildman–Crippen MR) is 86.5 cm³/mol. The molecule has 106 valence electrons. The lowest BCUT2D eigenvalue weighted by atomic mass is 9.91. The summed E-state index contributed by atoms with van der Waals surface area (Å²) in [6, 6.07) is 11.6. The molecule has 0 aliphatic carbocycles. The molecule has 0 atom stereocenters. The standard InChI is InChI=1S/C16H15ClN4/c17-13-4-2-1-3-11(13)15-10(8-18)7-14-16(12(15)9-19)21-6-5-20-14/h1-4,7,20-21H,5-6,9,19H2. The van der Waals surface area contributed by atoms with Gasteiger partial charge in [0.15, 0.2) is 0 Å². The normalized spacial score (nSPS) is 12.8. The molecule has 0 saturated carbocycles. The molecule has 1 heterocycles. The molecule has 1 aliphatic heterocycles. The van der Waals surface area contributed by atoms with Crippen LogP contribution in [0.25, 0.3) is 11.1 Å². The quantitative estimate of drug-likeness (QED) is 0.796. The third kappa shape index (κ3) is 2.31. The Morgan fingerprint density at radius 2 is 2.00 bits per heavy atom. The Morgan fingerprint density at radius 3 is 2.71 bits per heavy atom. The van der Waals surface area contributed by atoms with E-state index in [1.54, 1.807) is 0 Å². The van der Waals surface area contributed by atoms with Crippen molar-refractivity contribution < 1.29 is 0 Å². The van der Waals surface area contributed by atoms with E-state index in [-0.39, 0.29) is 0 Å². The van der Waals surface area contributed by atoms with Crippen molar-refractivity contribution in [2.45, 2.75) is 6.54 Å². The van der Waals surface area contributed by atoms with Gasteiger partial charge in [0, 0.05) is 41.3 Å². The van der Waals surface area contributed by atoms with Crippen LogP contribution in [0, 0.1) is 11.3 Å². The average molecular weight is 299 g/mol. The van der Waals surface area contributed by atoms with Gasteiger partial charge >= 0.3 is 0 Å². The number of nitrogens with two attached hydrogens (primary N) is 1. The SMILES string of the molecule is N#Cc1cc2c(c(CN)c1-c1ccccc1Cl)NCCN2. The van der Waals surface area contributed by atoms with E-state index in [9.17, 15) is 5.26 Å². The van der Waals surface area contributed by atoms with Crippen LogP contribution in [-0.2, 0) is 6.54 Å². The van der Waals surface area contributed by atoms with Crippen molar-refractivity contribution in [1.29, 1.82) is 5.26 Å². The van der Waals surface area contributed by atoms with E-state index < -0.39 is 0 Å². The van der Waals surface area contributed by atoms with Crippen LogP contribution in [0.5, 0.6) is 0 Å². The molecule has 4 N–H and O–H groups in total. The number of fused-ring (bicyclic) bond motifs is 1. The number of hydrogen-bond acceptors (Lipinski definition) is 4. The molecule has 0 unspecified atom stereocenters. The number of nitrogens with one attached hydrogen (secondary N) is 2. The number of rotatable bonds is 2. The van der Waals surface area contributed by atoms with Crippen LogP contribution in [-0.4, -0.2) is 13.1 Å². The molecule has 0 spiro atoms. The highest BCUT2D eigenvalue weighted by atomic mass is 35.5. The predicted octanol–water partition coefficient (Wildman–Crippen LogP) is 3.17. The van der Waals surface area contributed by atoms with Gasteiger partial charge in [-0.3, -0.25) is 0 Å². The third-order valence-corrected chi connectivity index (χ3v) is 3.97. The van der Waals surface area contributed by atoms with Gasteiger partial charge in [0.2, 0.25) is 0 Å². The third-order valence-electron chi connectivity index (χ3n) is 3.64. The second-order valence-corrected chi connectivity index (χ2v) is 5.26. The van der Waals surface area contributed by atoms with Gasteiger partial charge in [-0.15, -0.1) is 0 Å². The minimum atomic E-state index is 0.340. The number of anilines is 2. The van der Waals surface area contributed by atoms with Crippen LogP contribution in [0.15, 0.2) is 30.3 Å². The first-order valence-corrected chi connectivity index (χ1v) is 7.16. The Labute approximate surface area is 128 Å². The molecule has 0 radical (unpaired) electrons. The Hall–Kier alpha value is -2.22. The zero-order valence-electron chi connectivity index (χ0n) is 11.4. The van der Waals surface area contributed by atoms with Gasteiger partial charge in [-0.1, -0.05) is 29.8 Å². The number of nitriles is 1. The minimum Gasteiger partial charge on any atom is -0.382 e. The summed E-state index contributed by atoms with van der Waals surface area (Å²) in [5.74, 6) is 0. The second kappa shape index (κ2) is 5.65. The molecule has 0 saturated heterocycles. The number of halogens is 1. The highest BCUT2D eigenvalue weighted by Gasteiger charge is 2.21. The highest BCUT2D eigenvalue weighted by molar-refractivity contribution is 6.33. The van der Waals surface area contributed by atoms with Crippen molar-refractivity contribution >= 4 is 23.0 Å². The van der Waals surface area contributed by atoms with Gasteiger partial charge in [-0.25, -0.2) is 0 Å². The molecule has 21 heavy (non-hydrogen) atoms. The summed E-state index contributed by atoms with van der Waals surface area (Å²) in [4.78, 5) is 0. The van der Waals surface area contributed by atoms with Crippen LogP contribution in [0.4, 0.5) is 11.4 Å². The summed E-state index contributed by atoms with van der Waals surface area (Å²) < 4.78 is 0. The Balaban J connectivity index is 2.33. The molecule has 0 amide bonds. The topological polar surface area (TPSA) is 73.9 Å². The van der Waals surface area contributed by atoms with Crippen molar-refractivity contribution in [2.24, 2.45) is 5.73 Å². The first-order chi connectivity index (χ1) is 10.3. The second-order valence-electron chi connectivity index (χ2n) is 4.85. The maximum atomic E-state index is 9.51. The maximum Gasteiger partial charge on any atom is 0.0999 e. The largest absolute Gasteiger partial charge is 0.382 e. The minimum absolute atomic E-state index is 0.340. The number of hydrogen-bond donors (Lipinski definition) is 3. The number of nitrogens with zero attached hydrogens (tertiary/aromatic N) is 1. The average Bonchev–Trinajstić information content (AvgIpc) is 2.53. The van der Waals surface area contributed by atoms with E-state index >= 15 is 0 Å². The Kier molecular flexibility index (Phi) is 3.70. The molecule has 1 aliphatic rings. The lowest BCUT2D eigenvalue weighted by Crippen LogP contribution is -2.23. The van der Waals surface area contributed by atoms with Gasteiger partial charge in [-0.05, 0) is 12.1 Å². The zero-order chi connectivity index (χ0) is 14.8. The van der Waals surface area contributed by atoms with Crippen LogP contribution >= 0.6 is 11.6 Å². The van der Waals surface area contributed by atoms with Crippen LogP contribution < -0.4 is 16.4 Å². The van der Waals surface area contributed by atoms with Crippen LogP contribution in [0.1, 0.15) is 11.1 Å². The van der Waals surface area contributed by atoms with Crippen molar-refractivity contribution in [3.63, 3.8) is 0 Å². The van der Waals surface area contributed by atoms with Gasteiger partial charge in [-0.2, -0.15) is 5.26 Å². The molecule has 2 aromatic carbocycles. The van der Waals surface area contributed by atoms with E-state index in [1.807, 2.05) is 30.3 Å². The van der Waals surface area contributed by atoms with E-state index in [4.69, 9.17) is 17.3 Å². The monoisotopic (exact) mass is 298 g/mol. The molecular formula is C16H15ClN4. The molecule has 4 nitrogen and oxygen atoms in total. The number of benzene rings is 2. The smallest absolute Gasteiger partial charge is 0.0999 e. The zero-order valence-corrected chi connectivity index (χ0v) is 12.2. The summed E-state index contributed by atoms with van der Waals surface area (Å²) in [5, 5.41) is 16.8. The molecule has 0 aromatic heterocycles. The van der Waals surface area contributed by atoms with Gasteiger partial charge in [0.25, 0.3) is 0 Å². The molecule has 0 fully saturated rings. The maximum absolute atomic E-state index is 9.51. The van der Waals surface area contributed by atoms with Crippen molar-refractivity contribution in [2.75, 3.05) is 23.7 Å². The van der Waals surface area contributed by atoms with Crippen LogP contribution in [0.2, 0.25) is 5.02 Å². The molecule has 0 bridgehead atoms. The fourth-order valence-electron chi connectivity index (χ4n) is 2.73. The molecular weight excluding hydrogens is 284 g/mol. The lowest BCUT2D eigenvalue weighted by Gasteiger charge is -2.25. The van der Waals surface area contributed by atoms with Gasteiger partial charge in [0.1, 0.15) is 0 Å². The molecule has 2 aromatic rings. The van der Waals surface area contributed by atoms with Gasteiger partial charge in [0.05, 0.1) is 23.0 Å². The van der Waals surface area contributed by atoms with E-state index in [0.717, 1.165) is 41.2 Å². The summed E-state index contributed by atoms with van der Waals surface area (Å²) in [5.41, 5.74) is 11.0. The summed E-state index contributed by atoms with van der Waals surface area (Å²) in [7, 11) is 0. The first kappa shape index (κ1) is 13.7. The molecule has 5 heteroatoms. The van der Waals surface area contributed by atoms with Crippen molar-refractivity contribution in [1.82, 2.24) is 0 Å². The van der Waals surface area contributed by atoms with E-state index in [2.05, 4.69) is 16.7 Å². The van der Waals surface area contributed by atoms with Crippen LogP contribution in [0.3, 0.4) is 0 Å². The van der Waals surface area contributed by atoms with E-state index in [0.29, 0.717) is 17.1 Å². The summed E-state index contributed by atoms with van der Waals surface area (Å²) >= 11 is 6.31. The Bertz CT molecular complexity index is 734. The summed E-state index contributed by atoms with van der Waals surface area (Å²) in [6.45, 7) is 1.99. The molecule has 3 rings (SSSR count).